The lowest BCUT2D eigenvalue weighted by atomic mass is 9.95. The number of hydrogen-bond donors (Lipinski definition) is 1. The maximum atomic E-state index is 12.9. The molecule has 21 heavy (non-hydrogen) atoms. The Morgan fingerprint density at radius 2 is 1.90 bits per heavy atom. The summed E-state index contributed by atoms with van der Waals surface area (Å²) in [6.45, 7) is 0.828. The zero-order valence-electron chi connectivity index (χ0n) is 12.7. The first-order valence-corrected chi connectivity index (χ1v) is 7.88. The molecule has 0 spiro atoms. The number of nitrogens with zero attached hydrogens (tertiary/aromatic N) is 1. The Balaban J connectivity index is 1.79. The van der Waals surface area contributed by atoms with Crippen LogP contribution in [0, 0.1) is 0 Å². The van der Waals surface area contributed by atoms with Crippen LogP contribution in [0.5, 0.6) is 5.75 Å². The van der Waals surface area contributed by atoms with E-state index in [9.17, 15) is 4.79 Å². The number of methoxy groups -OCH3 is 1. The van der Waals surface area contributed by atoms with Crippen LogP contribution in [0.15, 0.2) is 24.3 Å². The molecule has 1 aromatic carbocycles. The van der Waals surface area contributed by atoms with Crippen molar-refractivity contribution in [3.63, 3.8) is 0 Å². The van der Waals surface area contributed by atoms with E-state index in [1.165, 1.54) is 5.56 Å². The second-order valence-electron chi connectivity index (χ2n) is 6.29. The highest BCUT2D eigenvalue weighted by atomic mass is 16.5. The average Bonchev–Trinajstić information content (AvgIpc) is 3.16. The number of likely N-dealkylation sites (tertiary alicyclic amines) is 1. The van der Waals surface area contributed by atoms with Crippen molar-refractivity contribution in [2.75, 3.05) is 13.7 Å². The minimum absolute atomic E-state index is 0.151. The Morgan fingerprint density at radius 1 is 1.24 bits per heavy atom. The van der Waals surface area contributed by atoms with Gasteiger partial charge >= 0.3 is 0 Å². The van der Waals surface area contributed by atoms with Gasteiger partial charge in [0.1, 0.15) is 5.75 Å². The summed E-state index contributed by atoms with van der Waals surface area (Å²) in [6, 6.07) is 8.22. The van der Waals surface area contributed by atoms with Crippen LogP contribution in [-0.2, 0) is 4.79 Å². The van der Waals surface area contributed by atoms with Crippen LogP contribution in [0.1, 0.15) is 50.1 Å². The van der Waals surface area contributed by atoms with Crippen molar-refractivity contribution < 1.29 is 9.53 Å². The third-order valence-corrected chi connectivity index (χ3v) is 4.94. The molecule has 2 fully saturated rings. The summed E-state index contributed by atoms with van der Waals surface area (Å²) in [5.74, 6) is 0.999. The summed E-state index contributed by atoms with van der Waals surface area (Å²) in [5, 5.41) is 0. The van der Waals surface area contributed by atoms with E-state index in [-0.39, 0.29) is 11.9 Å². The fourth-order valence-electron chi connectivity index (χ4n) is 3.69. The normalized spacial score (nSPS) is 24.3. The van der Waals surface area contributed by atoms with Crippen LogP contribution in [0.4, 0.5) is 0 Å². The number of carbonyl (C=O) groups excluding carboxylic acids is 1. The first kappa shape index (κ1) is 14.4. The zero-order valence-corrected chi connectivity index (χ0v) is 12.7. The molecule has 1 aliphatic heterocycles. The number of nitrogens with two attached hydrogens (primary N) is 1. The third kappa shape index (κ3) is 2.64. The molecule has 1 heterocycles. The average molecular weight is 288 g/mol. The highest BCUT2D eigenvalue weighted by molar-refractivity contribution is 5.87. The number of carbonyl (C=O) groups is 1. The smallest absolute Gasteiger partial charge is 0.243 e. The maximum absolute atomic E-state index is 12.9. The fraction of sp³-hybridized carbons (Fsp3) is 0.588. The lowest BCUT2D eigenvalue weighted by Gasteiger charge is -2.33. The lowest BCUT2D eigenvalue weighted by molar-refractivity contribution is -0.137. The molecule has 1 aliphatic carbocycles. The maximum Gasteiger partial charge on any atom is 0.243 e. The molecule has 114 valence electrons. The van der Waals surface area contributed by atoms with E-state index >= 15 is 0 Å². The number of amides is 1. The molecule has 1 unspecified atom stereocenters. The van der Waals surface area contributed by atoms with Gasteiger partial charge in [-0.15, -0.1) is 0 Å². The summed E-state index contributed by atoms with van der Waals surface area (Å²) in [5.41, 5.74) is 6.92. The van der Waals surface area contributed by atoms with Gasteiger partial charge in [-0.05, 0) is 43.4 Å². The number of benzene rings is 1. The van der Waals surface area contributed by atoms with Gasteiger partial charge in [0, 0.05) is 6.54 Å². The van der Waals surface area contributed by atoms with Crippen molar-refractivity contribution in [2.45, 2.75) is 50.1 Å². The predicted octanol–water partition coefficient (Wildman–Crippen LogP) is 2.63. The van der Waals surface area contributed by atoms with Gasteiger partial charge < -0.3 is 15.4 Å². The van der Waals surface area contributed by atoms with Crippen molar-refractivity contribution >= 4 is 5.91 Å². The monoisotopic (exact) mass is 288 g/mol. The van der Waals surface area contributed by atoms with Gasteiger partial charge in [0.2, 0.25) is 5.91 Å². The van der Waals surface area contributed by atoms with E-state index in [1.54, 1.807) is 7.11 Å². The van der Waals surface area contributed by atoms with E-state index in [0.717, 1.165) is 50.8 Å². The first-order chi connectivity index (χ1) is 10.1. The van der Waals surface area contributed by atoms with Crippen LogP contribution >= 0.6 is 0 Å². The molecule has 0 radical (unpaired) electrons. The zero-order chi connectivity index (χ0) is 14.9. The molecule has 1 saturated heterocycles. The van der Waals surface area contributed by atoms with Gasteiger partial charge in [0.25, 0.3) is 0 Å². The summed E-state index contributed by atoms with van der Waals surface area (Å²) in [7, 11) is 1.67. The van der Waals surface area contributed by atoms with Gasteiger partial charge in [-0.1, -0.05) is 25.0 Å². The first-order valence-electron chi connectivity index (χ1n) is 7.88. The highest BCUT2D eigenvalue weighted by Crippen LogP contribution is 2.37. The molecule has 2 aliphatic rings. The molecule has 4 nitrogen and oxygen atoms in total. The Bertz CT molecular complexity index is 506. The van der Waals surface area contributed by atoms with E-state index in [4.69, 9.17) is 10.5 Å². The Morgan fingerprint density at radius 3 is 2.52 bits per heavy atom. The van der Waals surface area contributed by atoms with Crippen molar-refractivity contribution in [3.05, 3.63) is 29.8 Å². The topological polar surface area (TPSA) is 55.6 Å². The van der Waals surface area contributed by atoms with Crippen molar-refractivity contribution in [2.24, 2.45) is 5.73 Å². The van der Waals surface area contributed by atoms with E-state index in [2.05, 4.69) is 12.1 Å². The minimum atomic E-state index is -0.616. The second-order valence-corrected chi connectivity index (χ2v) is 6.29. The minimum Gasteiger partial charge on any atom is -0.497 e. The fourth-order valence-corrected chi connectivity index (χ4v) is 3.69. The molecular weight excluding hydrogens is 264 g/mol. The molecule has 1 saturated carbocycles. The summed E-state index contributed by atoms with van der Waals surface area (Å²) < 4.78 is 5.20. The Labute approximate surface area is 126 Å². The molecule has 0 bridgehead atoms. The van der Waals surface area contributed by atoms with E-state index in [1.807, 2.05) is 17.0 Å². The highest BCUT2D eigenvalue weighted by Gasteiger charge is 2.43. The second kappa shape index (κ2) is 5.68. The van der Waals surface area contributed by atoms with Gasteiger partial charge in [-0.25, -0.2) is 0 Å². The molecule has 3 rings (SSSR count). The predicted molar refractivity (Wildman–Crippen MR) is 82.1 cm³/mol. The van der Waals surface area contributed by atoms with Crippen LogP contribution < -0.4 is 10.5 Å². The largest absolute Gasteiger partial charge is 0.497 e. The number of hydrogen-bond acceptors (Lipinski definition) is 3. The molecule has 2 N–H and O–H groups in total. The van der Waals surface area contributed by atoms with E-state index < -0.39 is 5.54 Å². The van der Waals surface area contributed by atoms with Crippen molar-refractivity contribution in [3.8, 4) is 5.75 Å². The van der Waals surface area contributed by atoms with Gasteiger partial charge in [-0.3, -0.25) is 4.79 Å². The number of ether oxygens (including phenoxy) is 1. The molecule has 1 aromatic rings. The molecule has 1 atom stereocenters. The van der Waals surface area contributed by atoms with Crippen LogP contribution in [0.3, 0.4) is 0 Å². The van der Waals surface area contributed by atoms with E-state index in [0.29, 0.717) is 0 Å². The molecular formula is C17H24N2O2. The summed E-state index contributed by atoms with van der Waals surface area (Å²) in [4.78, 5) is 14.9. The van der Waals surface area contributed by atoms with Gasteiger partial charge in [0.15, 0.2) is 0 Å². The standard InChI is InChI=1S/C17H24N2O2/c1-21-14-8-6-13(7-9-14)15-5-4-12-19(15)16(20)17(18)10-2-3-11-17/h6-9,15H,2-5,10-12,18H2,1H3. The van der Waals surface area contributed by atoms with Crippen molar-refractivity contribution in [1.29, 1.82) is 0 Å². The quantitative estimate of drug-likeness (QED) is 0.930. The van der Waals surface area contributed by atoms with Gasteiger partial charge in [-0.2, -0.15) is 0 Å². The summed E-state index contributed by atoms with van der Waals surface area (Å²) in [6.07, 6.45) is 5.88. The van der Waals surface area contributed by atoms with Crippen molar-refractivity contribution in [1.82, 2.24) is 4.90 Å². The summed E-state index contributed by atoms with van der Waals surface area (Å²) >= 11 is 0. The lowest BCUT2D eigenvalue weighted by Crippen LogP contribution is -2.53. The molecule has 0 aromatic heterocycles. The van der Waals surface area contributed by atoms with Crippen LogP contribution in [-0.4, -0.2) is 30.0 Å². The van der Waals surface area contributed by atoms with Crippen LogP contribution in [0.2, 0.25) is 0 Å². The number of rotatable bonds is 3. The Hall–Kier alpha value is -1.55. The Kier molecular flexibility index (Phi) is 3.89. The third-order valence-electron chi connectivity index (χ3n) is 4.94. The molecule has 1 amide bonds. The van der Waals surface area contributed by atoms with Crippen LogP contribution in [0.25, 0.3) is 0 Å². The van der Waals surface area contributed by atoms with Gasteiger partial charge in [0.05, 0.1) is 18.7 Å². The SMILES string of the molecule is COc1ccc(C2CCCN2C(=O)C2(N)CCCC2)cc1. The molecule has 4 heteroatoms.